The van der Waals surface area contributed by atoms with Crippen LogP contribution in [0.25, 0.3) is 0 Å². The van der Waals surface area contributed by atoms with Gasteiger partial charge in [0.15, 0.2) is 5.78 Å². The molecular formula is C16H14N2O4. The van der Waals surface area contributed by atoms with Crippen LogP contribution in [0, 0.1) is 10.1 Å². The number of benzene rings is 2. The van der Waals surface area contributed by atoms with E-state index in [1.54, 1.807) is 12.1 Å². The Morgan fingerprint density at radius 2 is 2.09 bits per heavy atom. The largest absolute Gasteiger partial charge is 0.493 e. The monoisotopic (exact) mass is 298 g/mol. The fraction of sp³-hybridized carbons (Fsp3) is 0.188. The number of rotatable bonds is 4. The molecular weight excluding hydrogens is 284 g/mol. The van der Waals surface area contributed by atoms with Crippen LogP contribution in [0.3, 0.4) is 0 Å². The van der Waals surface area contributed by atoms with Crippen molar-refractivity contribution >= 4 is 22.8 Å². The van der Waals surface area contributed by atoms with Crippen LogP contribution in [-0.4, -0.2) is 17.3 Å². The molecule has 22 heavy (non-hydrogen) atoms. The molecule has 0 unspecified atom stereocenters. The Hall–Kier alpha value is -2.89. The molecule has 0 radical (unpaired) electrons. The van der Waals surface area contributed by atoms with Gasteiger partial charge >= 0.3 is 0 Å². The Labute approximate surface area is 126 Å². The van der Waals surface area contributed by atoms with E-state index < -0.39 is 4.92 Å². The summed E-state index contributed by atoms with van der Waals surface area (Å²) in [6.45, 7) is 2.04. The van der Waals surface area contributed by atoms with Crippen molar-refractivity contribution in [3.05, 3.63) is 57.6 Å². The first-order chi connectivity index (χ1) is 10.5. The Morgan fingerprint density at radius 3 is 2.82 bits per heavy atom. The van der Waals surface area contributed by atoms with Crippen molar-refractivity contribution in [1.29, 1.82) is 0 Å². The molecule has 0 aliphatic carbocycles. The van der Waals surface area contributed by atoms with E-state index in [1.165, 1.54) is 13.0 Å². The lowest BCUT2D eigenvalue weighted by Crippen LogP contribution is -2.00. The molecule has 3 rings (SSSR count). The van der Waals surface area contributed by atoms with Crippen LogP contribution < -0.4 is 10.1 Å². The Morgan fingerprint density at radius 1 is 1.27 bits per heavy atom. The number of nitrogens with one attached hydrogen (secondary N) is 1. The maximum absolute atomic E-state index is 11.4. The van der Waals surface area contributed by atoms with Crippen LogP contribution in [-0.2, 0) is 6.42 Å². The van der Waals surface area contributed by atoms with Crippen molar-refractivity contribution in [3.63, 3.8) is 0 Å². The lowest BCUT2D eigenvalue weighted by atomic mass is 10.1. The second kappa shape index (κ2) is 5.48. The minimum atomic E-state index is -0.495. The van der Waals surface area contributed by atoms with Gasteiger partial charge in [-0.15, -0.1) is 0 Å². The number of ether oxygens (including phenoxy) is 1. The summed E-state index contributed by atoms with van der Waals surface area (Å²) in [5.74, 6) is 0.649. The van der Waals surface area contributed by atoms with Gasteiger partial charge in [-0.3, -0.25) is 14.9 Å². The van der Waals surface area contributed by atoms with Crippen molar-refractivity contribution in [1.82, 2.24) is 0 Å². The highest BCUT2D eigenvalue weighted by Crippen LogP contribution is 2.32. The molecule has 0 fully saturated rings. The number of nitro benzene ring substituents is 1. The van der Waals surface area contributed by atoms with Gasteiger partial charge < -0.3 is 10.1 Å². The van der Waals surface area contributed by atoms with Gasteiger partial charge in [-0.1, -0.05) is 0 Å². The normalized spacial score (nSPS) is 12.4. The van der Waals surface area contributed by atoms with E-state index in [2.05, 4.69) is 5.32 Å². The van der Waals surface area contributed by atoms with E-state index in [-0.39, 0.29) is 11.5 Å². The first kappa shape index (κ1) is 14.1. The third kappa shape index (κ3) is 2.63. The molecule has 0 saturated carbocycles. The van der Waals surface area contributed by atoms with Crippen molar-refractivity contribution in [2.24, 2.45) is 0 Å². The number of Topliss-reactive ketones (excluding diaryl/α,β-unsaturated/α-hetero) is 1. The number of nitro groups is 1. The molecule has 0 saturated heterocycles. The number of nitrogens with zero attached hydrogens (tertiary/aromatic N) is 1. The highest BCUT2D eigenvalue weighted by molar-refractivity contribution is 5.95. The highest BCUT2D eigenvalue weighted by Gasteiger charge is 2.17. The molecule has 2 aromatic carbocycles. The van der Waals surface area contributed by atoms with E-state index in [1.807, 2.05) is 18.2 Å². The maximum atomic E-state index is 11.4. The molecule has 6 heteroatoms. The van der Waals surface area contributed by atoms with Crippen molar-refractivity contribution in [2.45, 2.75) is 13.3 Å². The third-order valence-electron chi connectivity index (χ3n) is 3.57. The van der Waals surface area contributed by atoms with Crippen molar-refractivity contribution in [2.75, 3.05) is 11.9 Å². The topological polar surface area (TPSA) is 81.5 Å². The number of carbonyl (C=O) groups excluding carboxylic acids is 1. The number of ketones is 1. The van der Waals surface area contributed by atoms with Gasteiger partial charge in [0.25, 0.3) is 5.69 Å². The number of hydrogen-bond acceptors (Lipinski definition) is 5. The second-order valence-electron chi connectivity index (χ2n) is 5.09. The summed E-state index contributed by atoms with van der Waals surface area (Å²) in [6.07, 6.45) is 0.830. The van der Waals surface area contributed by atoms with Gasteiger partial charge in [-0.2, -0.15) is 0 Å². The Balaban J connectivity index is 1.94. The number of anilines is 2. The zero-order valence-corrected chi connectivity index (χ0v) is 12.0. The summed E-state index contributed by atoms with van der Waals surface area (Å²) in [5, 5.41) is 14.2. The Bertz CT molecular complexity index is 771. The predicted octanol–water partition coefficient (Wildman–Crippen LogP) is 3.48. The smallest absolute Gasteiger partial charge is 0.293 e. The van der Waals surface area contributed by atoms with Crippen LogP contribution in [0.1, 0.15) is 22.8 Å². The molecule has 0 atom stereocenters. The number of fused-ring (bicyclic) bond motifs is 1. The molecule has 6 nitrogen and oxygen atoms in total. The summed E-state index contributed by atoms with van der Waals surface area (Å²) in [7, 11) is 0. The van der Waals surface area contributed by atoms with Gasteiger partial charge in [0.1, 0.15) is 11.4 Å². The van der Waals surface area contributed by atoms with E-state index in [0.29, 0.717) is 17.9 Å². The van der Waals surface area contributed by atoms with Crippen molar-refractivity contribution < 1.29 is 14.5 Å². The predicted molar refractivity (Wildman–Crippen MR) is 82.0 cm³/mol. The van der Waals surface area contributed by atoms with E-state index >= 15 is 0 Å². The molecule has 0 amide bonds. The van der Waals surface area contributed by atoms with Gasteiger partial charge in [0.05, 0.1) is 11.5 Å². The van der Waals surface area contributed by atoms with E-state index in [4.69, 9.17) is 4.74 Å². The minimum Gasteiger partial charge on any atom is -0.493 e. The molecule has 2 aromatic rings. The van der Waals surface area contributed by atoms with Crippen LogP contribution in [0.15, 0.2) is 36.4 Å². The van der Waals surface area contributed by atoms with Gasteiger partial charge in [-0.05, 0) is 42.8 Å². The Kier molecular flexibility index (Phi) is 3.50. The quantitative estimate of drug-likeness (QED) is 0.531. The maximum Gasteiger partial charge on any atom is 0.293 e. The molecule has 0 aromatic heterocycles. The number of hydrogen-bond donors (Lipinski definition) is 1. The van der Waals surface area contributed by atoms with Crippen molar-refractivity contribution in [3.8, 4) is 5.75 Å². The van der Waals surface area contributed by atoms with Gasteiger partial charge in [-0.25, -0.2) is 0 Å². The van der Waals surface area contributed by atoms with Crippen LogP contribution in [0.2, 0.25) is 0 Å². The van der Waals surface area contributed by atoms with Gasteiger partial charge in [0, 0.05) is 23.7 Å². The second-order valence-corrected chi connectivity index (χ2v) is 5.09. The SMILES string of the molecule is CC(=O)c1ccc(Nc2ccc3c(c2)CCO3)c([N+](=O)[O-])c1. The first-order valence-electron chi connectivity index (χ1n) is 6.87. The van der Waals surface area contributed by atoms with Crippen LogP contribution in [0.5, 0.6) is 5.75 Å². The molecule has 0 spiro atoms. The van der Waals surface area contributed by atoms with Crippen LogP contribution >= 0.6 is 0 Å². The summed E-state index contributed by atoms with van der Waals surface area (Å²) in [6, 6.07) is 10.0. The molecule has 1 heterocycles. The fourth-order valence-corrected chi connectivity index (χ4v) is 2.43. The lowest BCUT2D eigenvalue weighted by molar-refractivity contribution is -0.383. The van der Waals surface area contributed by atoms with Crippen LogP contribution in [0.4, 0.5) is 17.1 Å². The minimum absolute atomic E-state index is 0.121. The van der Waals surface area contributed by atoms with Gasteiger partial charge in [0.2, 0.25) is 0 Å². The zero-order valence-electron chi connectivity index (χ0n) is 12.0. The summed E-state index contributed by atoms with van der Waals surface area (Å²) in [4.78, 5) is 22.1. The summed E-state index contributed by atoms with van der Waals surface area (Å²) in [5.41, 5.74) is 2.38. The third-order valence-corrected chi connectivity index (χ3v) is 3.57. The van der Waals surface area contributed by atoms with E-state index in [0.717, 1.165) is 23.4 Å². The molecule has 1 aliphatic rings. The lowest BCUT2D eigenvalue weighted by Gasteiger charge is -2.09. The van der Waals surface area contributed by atoms with E-state index in [9.17, 15) is 14.9 Å². The first-order valence-corrected chi connectivity index (χ1v) is 6.87. The average Bonchev–Trinajstić information content (AvgIpc) is 2.94. The summed E-state index contributed by atoms with van der Waals surface area (Å²) < 4.78 is 5.43. The highest BCUT2D eigenvalue weighted by atomic mass is 16.6. The molecule has 1 N–H and O–H groups in total. The fourth-order valence-electron chi connectivity index (χ4n) is 2.43. The number of carbonyl (C=O) groups is 1. The standard InChI is InChI=1S/C16H14N2O4/c1-10(19)11-2-4-14(15(9-11)18(20)21)17-13-3-5-16-12(8-13)6-7-22-16/h2-5,8-9,17H,6-7H2,1H3. The summed E-state index contributed by atoms with van der Waals surface area (Å²) >= 11 is 0. The molecule has 112 valence electrons. The zero-order chi connectivity index (χ0) is 15.7. The average molecular weight is 298 g/mol. The molecule has 0 bridgehead atoms. The molecule has 1 aliphatic heterocycles.